The highest BCUT2D eigenvalue weighted by molar-refractivity contribution is 7.92. The van der Waals surface area contributed by atoms with Crippen molar-refractivity contribution in [3.05, 3.63) is 59.9 Å². The highest BCUT2D eigenvalue weighted by Crippen LogP contribution is 2.20. The van der Waals surface area contributed by atoms with E-state index in [4.69, 9.17) is 5.73 Å². The molecule has 1 amide bonds. The minimum Gasteiger partial charge on any atom is -0.341 e. The number of rotatable bonds is 7. The van der Waals surface area contributed by atoms with E-state index in [0.29, 0.717) is 13.1 Å². The van der Waals surface area contributed by atoms with Crippen LogP contribution in [0, 0.1) is 11.2 Å². The van der Waals surface area contributed by atoms with Crippen LogP contribution in [0.25, 0.3) is 0 Å². The second kappa shape index (κ2) is 9.36. The van der Waals surface area contributed by atoms with Crippen molar-refractivity contribution < 1.29 is 17.6 Å². The summed E-state index contributed by atoms with van der Waals surface area (Å²) in [5.74, 6) is -0.760. The number of hydrogen-bond donors (Lipinski definition) is 2. The third-order valence-electron chi connectivity index (χ3n) is 4.05. The number of amides is 1. The molecule has 0 atom stereocenters. The van der Waals surface area contributed by atoms with Gasteiger partial charge in [0.1, 0.15) is 5.82 Å². The van der Waals surface area contributed by atoms with E-state index >= 15 is 0 Å². The first kappa shape index (κ1) is 23.9. The lowest BCUT2D eigenvalue weighted by Crippen LogP contribution is -2.39. The van der Waals surface area contributed by atoms with Crippen molar-refractivity contribution in [2.45, 2.75) is 18.7 Å². The molecule has 3 N–H and O–H groups in total. The Morgan fingerprint density at radius 1 is 1.18 bits per heavy atom. The molecule has 0 aliphatic carbocycles. The Kier molecular flexibility index (Phi) is 7.98. The standard InChI is InChI=1S/C19H24FN3O3S.ClH/c1-19(2,12-21)13-23(3)18(24)14-5-4-6-17(11-14)27(25,26)22-16-9-7-15(20)8-10-16;/h4-11,22H,12-13,21H2,1-3H3;1H. The molecule has 0 spiro atoms. The summed E-state index contributed by atoms with van der Waals surface area (Å²) in [6.07, 6.45) is 0. The van der Waals surface area contributed by atoms with Gasteiger partial charge in [-0.3, -0.25) is 9.52 Å². The van der Waals surface area contributed by atoms with E-state index in [0.717, 1.165) is 12.1 Å². The molecular weight excluding hydrogens is 405 g/mol. The summed E-state index contributed by atoms with van der Waals surface area (Å²) < 4.78 is 40.5. The van der Waals surface area contributed by atoms with Crippen LogP contribution < -0.4 is 10.5 Å². The van der Waals surface area contributed by atoms with Crippen molar-refractivity contribution in [1.82, 2.24) is 4.90 Å². The van der Waals surface area contributed by atoms with Crippen LogP contribution in [0.4, 0.5) is 10.1 Å². The first-order valence-corrected chi connectivity index (χ1v) is 9.86. The number of halogens is 2. The van der Waals surface area contributed by atoms with Gasteiger partial charge in [0.05, 0.1) is 4.90 Å². The third kappa shape index (κ3) is 6.19. The van der Waals surface area contributed by atoms with E-state index in [9.17, 15) is 17.6 Å². The van der Waals surface area contributed by atoms with E-state index < -0.39 is 15.8 Å². The molecule has 0 aliphatic rings. The summed E-state index contributed by atoms with van der Waals surface area (Å²) in [6.45, 7) is 4.75. The fraction of sp³-hybridized carbons (Fsp3) is 0.316. The van der Waals surface area contributed by atoms with Gasteiger partial charge < -0.3 is 10.6 Å². The van der Waals surface area contributed by atoms with Crippen LogP contribution in [0.15, 0.2) is 53.4 Å². The molecule has 2 rings (SSSR count). The molecule has 0 saturated heterocycles. The predicted octanol–water partition coefficient (Wildman–Crippen LogP) is 3.11. The number of hydrogen-bond acceptors (Lipinski definition) is 4. The largest absolute Gasteiger partial charge is 0.341 e. The van der Waals surface area contributed by atoms with Crippen LogP contribution in [0.2, 0.25) is 0 Å². The molecule has 154 valence electrons. The lowest BCUT2D eigenvalue weighted by atomic mass is 9.93. The molecule has 2 aromatic carbocycles. The van der Waals surface area contributed by atoms with E-state index in [1.807, 2.05) is 13.8 Å². The number of nitrogens with zero attached hydrogens (tertiary/aromatic N) is 1. The lowest BCUT2D eigenvalue weighted by Gasteiger charge is -2.29. The van der Waals surface area contributed by atoms with E-state index in [1.165, 1.54) is 35.2 Å². The molecule has 9 heteroatoms. The first-order chi connectivity index (χ1) is 12.5. The van der Waals surface area contributed by atoms with Crippen molar-refractivity contribution in [2.75, 3.05) is 24.9 Å². The Morgan fingerprint density at radius 3 is 2.36 bits per heavy atom. The number of nitrogens with one attached hydrogen (secondary N) is 1. The van der Waals surface area contributed by atoms with Gasteiger partial charge in [0, 0.05) is 24.8 Å². The van der Waals surface area contributed by atoms with Gasteiger partial charge in [-0.15, -0.1) is 12.4 Å². The van der Waals surface area contributed by atoms with Gasteiger partial charge in [0.15, 0.2) is 0 Å². The van der Waals surface area contributed by atoms with E-state index in [-0.39, 0.29) is 39.9 Å². The molecule has 0 unspecified atom stereocenters. The smallest absolute Gasteiger partial charge is 0.261 e. The van der Waals surface area contributed by atoms with Crippen molar-refractivity contribution in [3.8, 4) is 0 Å². The van der Waals surface area contributed by atoms with Gasteiger partial charge in [0.25, 0.3) is 15.9 Å². The van der Waals surface area contributed by atoms with Gasteiger partial charge in [0.2, 0.25) is 0 Å². The number of anilines is 1. The maximum Gasteiger partial charge on any atom is 0.261 e. The highest BCUT2D eigenvalue weighted by atomic mass is 35.5. The van der Waals surface area contributed by atoms with Crippen molar-refractivity contribution in [3.63, 3.8) is 0 Å². The number of carbonyl (C=O) groups excluding carboxylic acids is 1. The molecule has 0 heterocycles. The lowest BCUT2D eigenvalue weighted by molar-refractivity contribution is 0.0740. The van der Waals surface area contributed by atoms with Crippen molar-refractivity contribution in [1.29, 1.82) is 0 Å². The number of carbonyl (C=O) groups is 1. The normalized spacial score (nSPS) is 11.5. The second-order valence-electron chi connectivity index (χ2n) is 7.17. The summed E-state index contributed by atoms with van der Waals surface area (Å²) in [6, 6.07) is 10.7. The minimum absolute atomic E-state index is 0. The molecule has 0 aromatic heterocycles. The Labute approximate surface area is 171 Å². The quantitative estimate of drug-likeness (QED) is 0.707. The molecule has 2 aromatic rings. The zero-order chi connectivity index (χ0) is 20.2. The fourth-order valence-electron chi connectivity index (χ4n) is 2.53. The second-order valence-corrected chi connectivity index (χ2v) is 8.85. The Balaban J connectivity index is 0.00000392. The maximum absolute atomic E-state index is 13.0. The number of nitrogens with two attached hydrogens (primary N) is 1. The third-order valence-corrected chi connectivity index (χ3v) is 5.43. The zero-order valence-electron chi connectivity index (χ0n) is 16.0. The van der Waals surface area contributed by atoms with Crippen LogP contribution in [-0.4, -0.2) is 39.4 Å². The summed E-state index contributed by atoms with van der Waals surface area (Å²) in [4.78, 5) is 14.1. The minimum atomic E-state index is -3.91. The molecule has 6 nitrogen and oxygen atoms in total. The Bertz CT molecular complexity index is 918. The highest BCUT2D eigenvalue weighted by Gasteiger charge is 2.23. The molecular formula is C19H25ClFN3O3S. The van der Waals surface area contributed by atoms with Crippen LogP contribution in [0.5, 0.6) is 0 Å². The van der Waals surface area contributed by atoms with Crippen molar-refractivity contribution >= 4 is 34.0 Å². The van der Waals surface area contributed by atoms with E-state index in [2.05, 4.69) is 4.72 Å². The van der Waals surface area contributed by atoms with Crippen LogP contribution in [-0.2, 0) is 10.0 Å². The summed E-state index contributed by atoms with van der Waals surface area (Å²) in [5, 5.41) is 0. The maximum atomic E-state index is 13.0. The fourth-order valence-corrected chi connectivity index (χ4v) is 3.63. The van der Waals surface area contributed by atoms with E-state index in [1.54, 1.807) is 13.1 Å². The summed E-state index contributed by atoms with van der Waals surface area (Å²) >= 11 is 0. The topological polar surface area (TPSA) is 92.5 Å². The molecule has 0 saturated carbocycles. The average molecular weight is 430 g/mol. The molecule has 28 heavy (non-hydrogen) atoms. The van der Waals surface area contributed by atoms with Gasteiger partial charge in [-0.2, -0.15) is 0 Å². The zero-order valence-corrected chi connectivity index (χ0v) is 17.6. The van der Waals surface area contributed by atoms with Crippen LogP contribution in [0.3, 0.4) is 0 Å². The van der Waals surface area contributed by atoms with Crippen molar-refractivity contribution in [2.24, 2.45) is 11.1 Å². The van der Waals surface area contributed by atoms with Gasteiger partial charge in [-0.25, -0.2) is 12.8 Å². The molecule has 0 radical (unpaired) electrons. The molecule has 0 aliphatic heterocycles. The number of sulfonamides is 1. The first-order valence-electron chi connectivity index (χ1n) is 8.38. The molecule has 0 bridgehead atoms. The SMILES string of the molecule is CN(CC(C)(C)CN)C(=O)c1cccc(S(=O)(=O)Nc2ccc(F)cc2)c1.Cl. The summed E-state index contributed by atoms with van der Waals surface area (Å²) in [5.41, 5.74) is 5.94. The summed E-state index contributed by atoms with van der Waals surface area (Å²) in [7, 11) is -2.26. The average Bonchev–Trinajstić information content (AvgIpc) is 2.62. The van der Waals surface area contributed by atoms with Crippen LogP contribution >= 0.6 is 12.4 Å². The monoisotopic (exact) mass is 429 g/mol. The Hall–Kier alpha value is -2.16. The van der Waals surface area contributed by atoms with Crippen LogP contribution in [0.1, 0.15) is 24.2 Å². The van der Waals surface area contributed by atoms with Gasteiger partial charge in [-0.1, -0.05) is 19.9 Å². The number of benzene rings is 2. The van der Waals surface area contributed by atoms with Gasteiger partial charge in [-0.05, 0) is 54.4 Å². The Morgan fingerprint density at radius 2 is 1.79 bits per heavy atom. The van der Waals surface area contributed by atoms with Gasteiger partial charge >= 0.3 is 0 Å². The molecule has 0 fully saturated rings. The predicted molar refractivity (Wildman–Crippen MR) is 111 cm³/mol.